The van der Waals surface area contributed by atoms with Gasteiger partial charge in [-0.1, -0.05) is 0 Å². The van der Waals surface area contributed by atoms with Crippen LogP contribution >= 0.6 is 0 Å². The summed E-state index contributed by atoms with van der Waals surface area (Å²) in [5.74, 6) is 0.856. The van der Waals surface area contributed by atoms with Gasteiger partial charge in [-0.3, -0.25) is 9.78 Å². The minimum atomic E-state index is -0.318. The number of rotatable bonds is 3. The van der Waals surface area contributed by atoms with Gasteiger partial charge in [0.2, 0.25) is 5.88 Å². The first-order chi connectivity index (χ1) is 11.7. The Morgan fingerprint density at radius 2 is 2.29 bits per heavy atom. The van der Waals surface area contributed by atoms with Crippen LogP contribution in [0.25, 0.3) is 0 Å². The lowest BCUT2D eigenvalue weighted by Crippen LogP contribution is -2.67. The molecule has 4 rings (SSSR count). The van der Waals surface area contributed by atoms with Gasteiger partial charge < -0.3 is 18.8 Å². The van der Waals surface area contributed by atoms with Crippen molar-refractivity contribution in [3.8, 4) is 5.88 Å². The van der Waals surface area contributed by atoms with Gasteiger partial charge in [-0.25, -0.2) is 4.98 Å². The van der Waals surface area contributed by atoms with Crippen LogP contribution in [0.4, 0.5) is 0 Å². The Bertz CT molecular complexity index is 724. The van der Waals surface area contributed by atoms with Gasteiger partial charge in [0.1, 0.15) is 11.7 Å². The van der Waals surface area contributed by atoms with Crippen molar-refractivity contribution in [1.29, 1.82) is 0 Å². The average molecular weight is 329 g/mol. The van der Waals surface area contributed by atoms with Gasteiger partial charge in [0, 0.05) is 30.8 Å². The van der Waals surface area contributed by atoms with Gasteiger partial charge in [-0.05, 0) is 13.0 Å². The second kappa shape index (κ2) is 5.90. The molecule has 2 aliphatic rings. The van der Waals surface area contributed by atoms with E-state index in [0.717, 1.165) is 18.4 Å². The summed E-state index contributed by atoms with van der Waals surface area (Å²) in [5.41, 5.74) is 0.538. The molecule has 126 valence electrons. The van der Waals surface area contributed by atoms with E-state index in [-0.39, 0.29) is 17.6 Å². The van der Waals surface area contributed by atoms with E-state index >= 15 is 0 Å². The lowest BCUT2D eigenvalue weighted by Gasteiger charge is -2.52. The maximum absolute atomic E-state index is 12.4. The highest BCUT2D eigenvalue weighted by Gasteiger charge is 2.50. The minimum Gasteiger partial charge on any atom is -0.473 e. The Labute approximate surface area is 139 Å². The van der Waals surface area contributed by atoms with E-state index in [9.17, 15) is 4.79 Å². The predicted octanol–water partition coefficient (Wildman–Crippen LogP) is 1.83. The maximum atomic E-state index is 12.4. The molecule has 2 aliphatic heterocycles. The molecule has 0 unspecified atom stereocenters. The summed E-state index contributed by atoms with van der Waals surface area (Å²) in [5, 5.41) is 0. The number of carbonyl (C=O) groups excluding carboxylic acids is 1. The predicted molar refractivity (Wildman–Crippen MR) is 83.7 cm³/mol. The van der Waals surface area contributed by atoms with E-state index < -0.39 is 0 Å². The fourth-order valence-corrected chi connectivity index (χ4v) is 3.35. The zero-order valence-corrected chi connectivity index (χ0v) is 13.5. The van der Waals surface area contributed by atoms with E-state index in [2.05, 4.69) is 9.97 Å². The van der Waals surface area contributed by atoms with Crippen LogP contribution in [-0.4, -0.2) is 52.2 Å². The van der Waals surface area contributed by atoms with Crippen LogP contribution in [0, 0.1) is 6.92 Å². The molecule has 0 bridgehead atoms. The fraction of sp³-hybridized carbons (Fsp3) is 0.471. The molecule has 1 atom stereocenters. The zero-order chi connectivity index (χ0) is 16.6. The fourth-order valence-electron chi connectivity index (χ4n) is 3.35. The molecule has 7 nitrogen and oxygen atoms in total. The van der Waals surface area contributed by atoms with Crippen LogP contribution in [0.3, 0.4) is 0 Å². The van der Waals surface area contributed by atoms with E-state index in [1.165, 1.54) is 0 Å². The summed E-state index contributed by atoms with van der Waals surface area (Å²) < 4.78 is 17.1. The Morgan fingerprint density at radius 1 is 1.42 bits per heavy atom. The number of hydrogen-bond acceptors (Lipinski definition) is 6. The molecule has 0 aromatic carbocycles. The third kappa shape index (κ3) is 2.75. The van der Waals surface area contributed by atoms with Gasteiger partial charge in [0.05, 0.1) is 32.2 Å². The van der Waals surface area contributed by atoms with Gasteiger partial charge in [-0.2, -0.15) is 0 Å². The van der Waals surface area contributed by atoms with Crippen LogP contribution in [0.2, 0.25) is 0 Å². The summed E-state index contributed by atoms with van der Waals surface area (Å²) >= 11 is 0. The van der Waals surface area contributed by atoms with E-state index in [0.29, 0.717) is 31.3 Å². The smallest absolute Gasteiger partial charge is 0.290 e. The van der Waals surface area contributed by atoms with Crippen LogP contribution in [0.1, 0.15) is 29.0 Å². The number of carbonyl (C=O) groups is 1. The van der Waals surface area contributed by atoms with Gasteiger partial charge >= 0.3 is 0 Å². The molecule has 4 heterocycles. The van der Waals surface area contributed by atoms with Crippen LogP contribution in [0.5, 0.6) is 5.88 Å². The topological polar surface area (TPSA) is 77.7 Å². The third-order valence-corrected chi connectivity index (χ3v) is 4.58. The average Bonchev–Trinajstić information content (AvgIpc) is 2.99. The van der Waals surface area contributed by atoms with Gasteiger partial charge in [0.25, 0.3) is 5.91 Å². The van der Waals surface area contributed by atoms with Crippen LogP contribution in [0.15, 0.2) is 35.3 Å². The number of furan rings is 1. The number of aryl methyl sites for hydroxylation is 1. The molecular formula is C17H19N3O4. The normalized spacial score (nSPS) is 22.2. The summed E-state index contributed by atoms with van der Waals surface area (Å²) in [6, 6.07) is 1.80. The van der Waals surface area contributed by atoms with Crippen molar-refractivity contribution in [1.82, 2.24) is 14.9 Å². The lowest BCUT2D eigenvalue weighted by atomic mass is 9.84. The maximum Gasteiger partial charge on any atom is 0.290 e. The highest BCUT2D eigenvalue weighted by Crippen LogP contribution is 2.36. The molecular weight excluding hydrogens is 310 g/mol. The van der Waals surface area contributed by atoms with Crippen LogP contribution in [-0.2, 0) is 4.74 Å². The van der Waals surface area contributed by atoms with E-state index in [1.54, 1.807) is 35.8 Å². The van der Waals surface area contributed by atoms with Crippen molar-refractivity contribution >= 4 is 5.91 Å². The molecule has 0 radical (unpaired) electrons. The second-order valence-corrected chi connectivity index (χ2v) is 6.40. The Kier molecular flexibility index (Phi) is 3.72. The number of likely N-dealkylation sites (tertiary alicyclic amines) is 1. The Hall–Kier alpha value is -2.41. The first kappa shape index (κ1) is 15.1. The minimum absolute atomic E-state index is 0.0260. The zero-order valence-electron chi connectivity index (χ0n) is 13.5. The van der Waals surface area contributed by atoms with Crippen molar-refractivity contribution in [2.24, 2.45) is 0 Å². The SMILES string of the molecule is Cc1ccoc1C(=O)N1CC2(C[C@H](Oc3cnccn3)CCO2)C1. The highest BCUT2D eigenvalue weighted by molar-refractivity contribution is 5.93. The standard InChI is InChI=1S/C17H19N3O4/c1-12-2-6-22-15(12)16(21)20-10-17(11-20)8-13(3-7-23-17)24-14-9-18-4-5-19-14/h2,4-6,9,13H,3,7-8,10-11H2,1H3/t13-/m1/s1. The number of amides is 1. The van der Waals surface area contributed by atoms with Crippen molar-refractivity contribution in [2.45, 2.75) is 31.5 Å². The molecule has 0 N–H and O–H groups in total. The van der Waals surface area contributed by atoms with Gasteiger partial charge in [-0.15, -0.1) is 0 Å². The molecule has 2 aromatic rings. The number of hydrogen-bond donors (Lipinski definition) is 0. The Morgan fingerprint density at radius 3 is 3.00 bits per heavy atom. The summed E-state index contributed by atoms with van der Waals surface area (Å²) in [6.07, 6.45) is 7.95. The van der Waals surface area contributed by atoms with E-state index in [1.807, 2.05) is 6.92 Å². The molecule has 2 fully saturated rings. The molecule has 0 aliphatic carbocycles. The highest BCUT2D eigenvalue weighted by atomic mass is 16.5. The first-order valence-corrected chi connectivity index (χ1v) is 8.05. The quantitative estimate of drug-likeness (QED) is 0.855. The molecule has 1 amide bonds. The number of aromatic nitrogens is 2. The molecule has 0 saturated carbocycles. The molecule has 24 heavy (non-hydrogen) atoms. The van der Waals surface area contributed by atoms with Crippen molar-refractivity contribution in [3.05, 3.63) is 42.2 Å². The largest absolute Gasteiger partial charge is 0.473 e. The van der Waals surface area contributed by atoms with Crippen molar-refractivity contribution in [2.75, 3.05) is 19.7 Å². The monoisotopic (exact) mass is 329 g/mol. The lowest BCUT2D eigenvalue weighted by molar-refractivity contribution is -0.174. The second-order valence-electron chi connectivity index (χ2n) is 6.40. The van der Waals surface area contributed by atoms with Crippen LogP contribution < -0.4 is 4.74 Å². The number of nitrogens with zero attached hydrogens (tertiary/aromatic N) is 3. The molecule has 2 saturated heterocycles. The van der Waals surface area contributed by atoms with Gasteiger partial charge in [0.15, 0.2) is 5.76 Å². The molecule has 1 spiro atoms. The summed E-state index contributed by atoms with van der Waals surface area (Å²) in [7, 11) is 0. The third-order valence-electron chi connectivity index (χ3n) is 4.58. The summed E-state index contributed by atoms with van der Waals surface area (Å²) in [6.45, 7) is 3.61. The first-order valence-electron chi connectivity index (χ1n) is 8.05. The van der Waals surface area contributed by atoms with Crippen molar-refractivity contribution in [3.63, 3.8) is 0 Å². The molecule has 7 heteroatoms. The van der Waals surface area contributed by atoms with Crippen molar-refractivity contribution < 1.29 is 18.7 Å². The van der Waals surface area contributed by atoms with E-state index in [4.69, 9.17) is 13.9 Å². The summed E-state index contributed by atoms with van der Waals surface area (Å²) in [4.78, 5) is 22.4. The number of ether oxygens (including phenoxy) is 2. The molecule has 2 aromatic heterocycles. The Balaban J connectivity index is 1.37.